The van der Waals surface area contributed by atoms with E-state index in [2.05, 4.69) is 31.0 Å². The number of hydrogen-bond acceptors (Lipinski definition) is 3. The van der Waals surface area contributed by atoms with Gasteiger partial charge in [-0.3, -0.25) is 9.89 Å². The molecule has 1 atom stereocenters. The summed E-state index contributed by atoms with van der Waals surface area (Å²) in [6.07, 6.45) is 1.81. The minimum Gasteiger partial charge on any atom is -0.336 e. The first-order chi connectivity index (χ1) is 9.37. The summed E-state index contributed by atoms with van der Waals surface area (Å²) >= 11 is 0. The Kier molecular flexibility index (Phi) is 2.83. The van der Waals surface area contributed by atoms with Crippen molar-refractivity contribution in [2.24, 2.45) is 11.1 Å². The Bertz CT molecular complexity index is 668. The van der Waals surface area contributed by atoms with E-state index < -0.39 is 6.04 Å². The molecule has 5 heteroatoms. The lowest BCUT2D eigenvalue weighted by atomic mass is 9.89. The Hall–Kier alpha value is -1.88. The number of H-pyrrole nitrogens is 1. The molecule has 1 aromatic carbocycles. The van der Waals surface area contributed by atoms with E-state index in [1.165, 1.54) is 0 Å². The predicted molar refractivity (Wildman–Crippen MR) is 77.9 cm³/mol. The third kappa shape index (κ3) is 2.08. The molecule has 0 saturated carbocycles. The highest BCUT2D eigenvalue weighted by Gasteiger charge is 2.33. The fourth-order valence-corrected chi connectivity index (χ4v) is 2.87. The van der Waals surface area contributed by atoms with Gasteiger partial charge in [-0.05, 0) is 22.6 Å². The largest absolute Gasteiger partial charge is 0.336 e. The number of aromatic amines is 1. The second-order valence-electron chi connectivity index (χ2n) is 6.70. The fraction of sp³-hybridized carbons (Fsp3) is 0.467. The van der Waals surface area contributed by atoms with Crippen LogP contribution in [0.3, 0.4) is 0 Å². The number of carbonyl (C=O) groups excluding carboxylic acids is 1. The first-order valence-corrected chi connectivity index (χ1v) is 6.86. The van der Waals surface area contributed by atoms with Gasteiger partial charge in [0.25, 0.3) is 0 Å². The molecule has 0 bridgehead atoms. The van der Waals surface area contributed by atoms with Gasteiger partial charge in [-0.25, -0.2) is 0 Å². The average molecular weight is 272 g/mol. The van der Waals surface area contributed by atoms with Crippen LogP contribution in [0.1, 0.15) is 37.9 Å². The van der Waals surface area contributed by atoms with Crippen LogP contribution in [0, 0.1) is 5.41 Å². The number of nitrogens with one attached hydrogen (secondary N) is 1. The van der Waals surface area contributed by atoms with E-state index in [0.717, 1.165) is 22.0 Å². The zero-order valence-electron chi connectivity index (χ0n) is 12.1. The SMILES string of the molecule is CC(C)(C)CN1Cc2c(ccc3[nH]ncc23)C(N)C1=O. The van der Waals surface area contributed by atoms with Crippen LogP contribution >= 0.6 is 0 Å². The minimum absolute atomic E-state index is 0.00951. The van der Waals surface area contributed by atoms with Gasteiger partial charge in [0.2, 0.25) is 5.91 Å². The molecule has 1 amide bonds. The summed E-state index contributed by atoms with van der Waals surface area (Å²) in [5.41, 5.74) is 9.22. The molecule has 0 aliphatic carbocycles. The molecule has 2 aromatic rings. The molecule has 5 nitrogen and oxygen atoms in total. The van der Waals surface area contributed by atoms with E-state index in [9.17, 15) is 4.79 Å². The summed E-state index contributed by atoms with van der Waals surface area (Å²) in [6, 6.07) is 3.31. The van der Waals surface area contributed by atoms with Gasteiger partial charge in [0.1, 0.15) is 6.04 Å². The molecule has 1 aliphatic rings. The average Bonchev–Trinajstić information content (AvgIpc) is 2.82. The van der Waals surface area contributed by atoms with Crippen LogP contribution in [0.15, 0.2) is 18.3 Å². The van der Waals surface area contributed by atoms with Crippen molar-refractivity contribution in [3.8, 4) is 0 Å². The molecule has 0 fully saturated rings. The van der Waals surface area contributed by atoms with Crippen molar-refractivity contribution < 1.29 is 4.79 Å². The summed E-state index contributed by atoms with van der Waals surface area (Å²) in [5, 5.41) is 8.11. The number of rotatable bonds is 1. The molecule has 1 aliphatic heterocycles. The summed E-state index contributed by atoms with van der Waals surface area (Å²) in [4.78, 5) is 14.3. The summed E-state index contributed by atoms with van der Waals surface area (Å²) in [7, 11) is 0. The van der Waals surface area contributed by atoms with Crippen molar-refractivity contribution in [1.29, 1.82) is 0 Å². The Morgan fingerprint density at radius 3 is 2.90 bits per heavy atom. The number of hydrogen-bond donors (Lipinski definition) is 2. The molecule has 0 saturated heterocycles. The van der Waals surface area contributed by atoms with E-state index in [1.807, 2.05) is 23.2 Å². The van der Waals surface area contributed by atoms with E-state index >= 15 is 0 Å². The van der Waals surface area contributed by atoms with Gasteiger partial charge < -0.3 is 10.6 Å². The third-order valence-electron chi connectivity index (χ3n) is 3.70. The van der Waals surface area contributed by atoms with Crippen LogP contribution in [0.2, 0.25) is 0 Å². The van der Waals surface area contributed by atoms with E-state index in [4.69, 9.17) is 5.73 Å². The second kappa shape index (κ2) is 4.31. The maximum Gasteiger partial charge on any atom is 0.244 e. The monoisotopic (exact) mass is 272 g/mol. The van der Waals surface area contributed by atoms with Crippen LogP contribution in [0.4, 0.5) is 0 Å². The maximum atomic E-state index is 12.4. The first-order valence-electron chi connectivity index (χ1n) is 6.86. The van der Waals surface area contributed by atoms with Gasteiger partial charge in [-0.15, -0.1) is 0 Å². The number of fused-ring (bicyclic) bond motifs is 3. The van der Waals surface area contributed by atoms with Crippen molar-refractivity contribution in [1.82, 2.24) is 15.1 Å². The molecule has 0 spiro atoms. The van der Waals surface area contributed by atoms with Crippen LogP contribution in [0.25, 0.3) is 10.9 Å². The van der Waals surface area contributed by atoms with Crippen molar-refractivity contribution in [2.75, 3.05) is 6.54 Å². The molecule has 106 valence electrons. The zero-order valence-corrected chi connectivity index (χ0v) is 12.1. The van der Waals surface area contributed by atoms with Gasteiger partial charge >= 0.3 is 0 Å². The summed E-state index contributed by atoms with van der Waals surface area (Å²) in [6.45, 7) is 7.68. The molecular weight excluding hydrogens is 252 g/mol. The Morgan fingerprint density at radius 2 is 2.20 bits per heavy atom. The van der Waals surface area contributed by atoms with Gasteiger partial charge in [-0.2, -0.15) is 5.10 Å². The van der Waals surface area contributed by atoms with Crippen LogP contribution in [0.5, 0.6) is 0 Å². The van der Waals surface area contributed by atoms with Crippen molar-refractivity contribution in [3.63, 3.8) is 0 Å². The van der Waals surface area contributed by atoms with Crippen LogP contribution < -0.4 is 5.73 Å². The topological polar surface area (TPSA) is 75.0 Å². The lowest BCUT2D eigenvalue weighted by Gasteiger charge is -2.36. The molecule has 3 N–H and O–H groups in total. The Balaban J connectivity index is 2.07. The second-order valence-corrected chi connectivity index (χ2v) is 6.70. The minimum atomic E-state index is -0.569. The quantitative estimate of drug-likeness (QED) is 0.833. The maximum absolute atomic E-state index is 12.4. The number of nitrogens with zero attached hydrogens (tertiary/aromatic N) is 2. The highest BCUT2D eigenvalue weighted by Crippen LogP contribution is 2.32. The fourth-order valence-electron chi connectivity index (χ4n) is 2.87. The zero-order chi connectivity index (χ0) is 14.5. The van der Waals surface area contributed by atoms with Gasteiger partial charge in [0.05, 0.1) is 11.7 Å². The molecule has 3 rings (SSSR count). The number of aromatic nitrogens is 2. The predicted octanol–water partition coefficient (Wildman–Crippen LogP) is 1.95. The standard InChI is InChI=1S/C15H20N4O/c1-15(2,3)8-19-7-11-9(13(16)14(19)20)4-5-12-10(11)6-17-18-12/h4-6,13H,7-8,16H2,1-3H3,(H,17,18). The lowest BCUT2D eigenvalue weighted by molar-refractivity contribution is -0.135. The summed E-state index contributed by atoms with van der Waals surface area (Å²) in [5.74, 6) is 0.00951. The molecule has 1 aromatic heterocycles. The number of carbonyl (C=O) groups is 1. The highest BCUT2D eigenvalue weighted by atomic mass is 16.2. The van der Waals surface area contributed by atoms with Gasteiger partial charge in [0, 0.05) is 18.5 Å². The number of nitrogens with two attached hydrogens (primary N) is 1. The van der Waals surface area contributed by atoms with Crippen molar-refractivity contribution >= 4 is 16.8 Å². The number of benzene rings is 1. The third-order valence-corrected chi connectivity index (χ3v) is 3.70. The molecule has 2 heterocycles. The summed E-state index contributed by atoms with van der Waals surface area (Å²) < 4.78 is 0. The van der Waals surface area contributed by atoms with Gasteiger partial charge in [0.15, 0.2) is 0 Å². The van der Waals surface area contributed by atoms with Crippen LogP contribution in [-0.2, 0) is 11.3 Å². The normalized spacial score (nSPS) is 19.5. The van der Waals surface area contributed by atoms with Crippen molar-refractivity contribution in [3.05, 3.63) is 29.5 Å². The van der Waals surface area contributed by atoms with Gasteiger partial charge in [-0.1, -0.05) is 26.8 Å². The van der Waals surface area contributed by atoms with E-state index in [1.54, 1.807) is 0 Å². The van der Waals surface area contributed by atoms with E-state index in [-0.39, 0.29) is 11.3 Å². The Labute approximate surface area is 118 Å². The lowest BCUT2D eigenvalue weighted by Crippen LogP contribution is -2.45. The van der Waals surface area contributed by atoms with Crippen LogP contribution in [-0.4, -0.2) is 27.5 Å². The highest BCUT2D eigenvalue weighted by molar-refractivity contribution is 5.91. The van der Waals surface area contributed by atoms with E-state index in [0.29, 0.717) is 13.1 Å². The smallest absolute Gasteiger partial charge is 0.244 e. The first kappa shape index (κ1) is 13.1. The van der Waals surface area contributed by atoms with Crippen molar-refractivity contribution in [2.45, 2.75) is 33.4 Å². The Morgan fingerprint density at radius 1 is 1.45 bits per heavy atom. The molecule has 1 unspecified atom stereocenters. The number of amides is 1. The molecule has 20 heavy (non-hydrogen) atoms. The molecular formula is C15H20N4O. The molecule has 0 radical (unpaired) electrons.